The SMILES string of the molecule is CCn1nnc2cc(C(=O)NCC(CC(C)C)N3CCOCC3)ccc21. The molecular formula is C19H29N5O2. The molecule has 26 heavy (non-hydrogen) atoms. The summed E-state index contributed by atoms with van der Waals surface area (Å²) < 4.78 is 7.29. The van der Waals surface area contributed by atoms with Crippen LogP contribution < -0.4 is 5.32 Å². The minimum Gasteiger partial charge on any atom is -0.379 e. The average molecular weight is 359 g/mol. The molecule has 2 heterocycles. The van der Waals surface area contributed by atoms with Gasteiger partial charge in [0, 0.05) is 37.8 Å². The van der Waals surface area contributed by atoms with Gasteiger partial charge in [0.05, 0.1) is 18.7 Å². The summed E-state index contributed by atoms with van der Waals surface area (Å²) in [4.78, 5) is 15.1. The Morgan fingerprint density at radius 2 is 2.08 bits per heavy atom. The van der Waals surface area contributed by atoms with Crippen LogP contribution in [0.25, 0.3) is 11.0 Å². The lowest BCUT2D eigenvalue weighted by atomic mass is 10.0. The molecule has 1 atom stereocenters. The number of morpholine rings is 1. The summed E-state index contributed by atoms with van der Waals surface area (Å²) in [5.41, 5.74) is 2.34. The van der Waals surface area contributed by atoms with E-state index in [9.17, 15) is 4.79 Å². The van der Waals surface area contributed by atoms with E-state index < -0.39 is 0 Å². The summed E-state index contributed by atoms with van der Waals surface area (Å²) in [5.74, 6) is 0.528. The highest BCUT2D eigenvalue weighted by molar-refractivity contribution is 5.97. The van der Waals surface area contributed by atoms with Gasteiger partial charge in [0.2, 0.25) is 0 Å². The van der Waals surface area contributed by atoms with Crippen LogP contribution in [0.15, 0.2) is 18.2 Å². The first kappa shape index (κ1) is 18.8. The zero-order chi connectivity index (χ0) is 18.5. The Kier molecular flexibility index (Phi) is 6.21. The van der Waals surface area contributed by atoms with E-state index in [1.165, 1.54) is 0 Å². The number of aromatic nitrogens is 3. The molecule has 1 amide bonds. The van der Waals surface area contributed by atoms with Gasteiger partial charge in [0.25, 0.3) is 5.91 Å². The predicted octanol–water partition coefficient (Wildman–Crippen LogP) is 1.93. The lowest BCUT2D eigenvalue weighted by Gasteiger charge is -2.35. The van der Waals surface area contributed by atoms with Crippen molar-refractivity contribution in [2.24, 2.45) is 5.92 Å². The van der Waals surface area contributed by atoms with Crippen LogP contribution in [0.3, 0.4) is 0 Å². The average Bonchev–Trinajstić information content (AvgIpc) is 3.07. The molecule has 1 aliphatic heterocycles. The molecule has 3 rings (SSSR count). The molecule has 0 radical (unpaired) electrons. The summed E-state index contributed by atoms with van der Waals surface area (Å²) in [6, 6.07) is 5.92. The van der Waals surface area contributed by atoms with Crippen molar-refractivity contribution in [2.45, 2.75) is 39.8 Å². The van der Waals surface area contributed by atoms with Gasteiger partial charge in [-0.15, -0.1) is 5.10 Å². The van der Waals surface area contributed by atoms with E-state index in [2.05, 4.69) is 34.4 Å². The molecule has 1 aromatic carbocycles. The number of ether oxygens (including phenoxy) is 1. The van der Waals surface area contributed by atoms with Gasteiger partial charge in [-0.05, 0) is 37.5 Å². The first-order valence-corrected chi connectivity index (χ1v) is 9.51. The van der Waals surface area contributed by atoms with E-state index in [1.807, 2.05) is 29.8 Å². The van der Waals surface area contributed by atoms with Gasteiger partial charge in [0.1, 0.15) is 5.52 Å². The van der Waals surface area contributed by atoms with Gasteiger partial charge >= 0.3 is 0 Å². The van der Waals surface area contributed by atoms with Gasteiger partial charge in [-0.2, -0.15) is 0 Å². The number of carbonyl (C=O) groups excluding carboxylic acids is 1. The molecule has 0 aliphatic carbocycles. The number of fused-ring (bicyclic) bond motifs is 1. The minimum absolute atomic E-state index is 0.0556. The Balaban J connectivity index is 1.65. The first-order chi connectivity index (χ1) is 12.6. The monoisotopic (exact) mass is 359 g/mol. The highest BCUT2D eigenvalue weighted by Crippen LogP contribution is 2.15. The molecule has 1 aliphatic rings. The lowest BCUT2D eigenvalue weighted by molar-refractivity contribution is 0.0124. The third-order valence-corrected chi connectivity index (χ3v) is 4.88. The maximum atomic E-state index is 12.6. The van der Waals surface area contributed by atoms with E-state index >= 15 is 0 Å². The van der Waals surface area contributed by atoms with E-state index in [-0.39, 0.29) is 5.91 Å². The Hall–Kier alpha value is -1.99. The summed E-state index contributed by atoms with van der Waals surface area (Å²) >= 11 is 0. The van der Waals surface area contributed by atoms with Crippen molar-refractivity contribution in [1.82, 2.24) is 25.2 Å². The third-order valence-electron chi connectivity index (χ3n) is 4.88. The van der Waals surface area contributed by atoms with Crippen LogP contribution in [0.2, 0.25) is 0 Å². The molecule has 2 aromatic rings. The van der Waals surface area contributed by atoms with Crippen molar-refractivity contribution in [3.8, 4) is 0 Å². The maximum absolute atomic E-state index is 12.6. The summed E-state index contributed by atoms with van der Waals surface area (Å²) in [6.07, 6.45) is 1.06. The molecule has 1 N–H and O–H groups in total. The van der Waals surface area contributed by atoms with Crippen LogP contribution in [-0.2, 0) is 11.3 Å². The van der Waals surface area contributed by atoms with Gasteiger partial charge in [-0.3, -0.25) is 9.69 Å². The number of amides is 1. The topological polar surface area (TPSA) is 72.3 Å². The molecule has 0 bridgehead atoms. The zero-order valence-electron chi connectivity index (χ0n) is 15.9. The molecule has 1 fully saturated rings. The van der Waals surface area contributed by atoms with Crippen LogP contribution in [-0.4, -0.2) is 64.7 Å². The van der Waals surface area contributed by atoms with Crippen LogP contribution in [0.1, 0.15) is 37.6 Å². The predicted molar refractivity (Wildman–Crippen MR) is 101 cm³/mol. The number of nitrogens with one attached hydrogen (secondary N) is 1. The standard InChI is InChI=1S/C19H29N5O2/c1-4-24-18-6-5-15(12-17(18)21-22-24)19(25)20-13-16(11-14(2)3)23-7-9-26-10-8-23/h5-6,12,14,16H,4,7-11,13H2,1-3H3,(H,20,25). The van der Waals surface area contributed by atoms with Crippen molar-refractivity contribution in [3.63, 3.8) is 0 Å². The molecule has 7 nitrogen and oxygen atoms in total. The van der Waals surface area contributed by atoms with Crippen molar-refractivity contribution < 1.29 is 9.53 Å². The van der Waals surface area contributed by atoms with Gasteiger partial charge < -0.3 is 10.1 Å². The fourth-order valence-corrected chi connectivity index (χ4v) is 3.51. The van der Waals surface area contributed by atoms with Crippen LogP contribution in [0.5, 0.6) is 0 Å². The smallest absolute Gasteiger partial charge is 0.251 e. The van der Waals surface area contributed by atoms with E-state index in [0.29, 0.717) is 24.1 Å². The Labute approximate surface area is 154 Å². The van der Waals surface area contributed by atoms with E-state index in [4.69, 9.17) is 4.74 Å². The summed E-state index contributed by atoms with van der Waals surface area (Å²) in [7, 11) is 0. The van der Waals surface area contributed by atoms with Crippen molar-refractivity contribution in [3.05, 3.63) is 23.8 Å². The molecule has 0 saturated carbocycles. The second-order valence-corrected chi connectivity index (χ2v) is 7.25. The number of rotatable bonds is 7. The fourth-order valence-electron chi connectivity index (χ4n) is 3.51. The van der Waals surface area contributed by atoms with E-state index in [0.717, 1.165) is 50.3 Å². The van der Waals surface area contributed by atoms with Crippen molar-refractivity contribution >= 4 is 16.9 Å². The molecule has 142 valence electrons. The molecule has 7 heteroatoms. The zero-order valence-corrected chi connectivity index (χ0v) is 15.9. The number of nitrogens with zero attached hydrogens (tertiary/aromatic N) is 4. The van der Waals surface area contributed by atoms with E-state index in [1.54, 1.807) is 0 Å². The van der Waals surface area contributed by atoms with Crippen molar-refractivity contribution in [2.75, 3.05) is 32.8 Å². The Bertz CT molecular complexity index is 737. The second kappa shape index (κ2) is 8.60. The van der Waals surface area contributed by atoms with Crippen LogP contribution in [0.4, 0.5) is 0 Å². The minimum atomic E-state index is -0.0556. The molecule has 1 unspecified atom stereocenters. The Morgan fingerprint density at radius 3 is 2.77 bits per heavy atom. The molecule has 0 spiro atoms. The first-order valence-electron chi connectivity index (χ1n) is 9.51. The fraction of sp³-hybridized carbons (Fsp3) is 0.632. The number of hydrogen-bond acceptors (Lipinski definition) is 5. The quantitative estimate of drug-likeness (QED) is 0.818. The normalized spacial score (nSPS) is 16.9. The summed E-state index contributed by atoms with van der Waals surface area (Å²) in [6.45, 7) is 11.3. The summed E-state index contributed by atoms with van der Waals surface area (Å²) in [5, 5.41) is 11.4. The molecular weight excluding hydrogens is 330 g/mol. The molecule has 1 aromatic heterocycles. The van der Waals surface area contributed by atoms with Crippen molar-refractivity contribution in [1.29, 1.82) is 0 Å². The third kappa shape index (κ3) is 4.40. The second-order valence-electron chi connectivity index (χ2n) is 7.25. The van der Waals surface area contributed by atoms with Gasteiger partial charge in [0.15, 0.2) is 0 Å². The largest absolute Gasteiger partial charge is 0.379 e. The number of hydrogen-bond donors (Lipinski definition) is 1. The number of carbonyl (C=O) groups is 1. The lowest BCUT2D eigenvalue weighted by Crippen LogP contribution is -2.49. The number of aryl methyl sites for hydroxylation is 1. The highest BCUT2D eigenvalue weighted by atomic mass is 16.5. The Morgan fingerprint density at radius 1 is 1.31 bits per heavy atom. The molecule has 1 saturated heterocycles. The maximum Gasteiger partial charge on any atom is 0.251 e. The van der Waals surface area contributed by atoms with Gasteiger partial charge in [-0.1, -0.05) is 19.1 Å². The van der Waals surface area contributed by atoms with Gasteiger partial charge in [-0.25, -0.2) is 4.68 Å². The highest BCUT2D eigenvalue weighted by Gasteiger charge is 2.22. The van der Waals surface area contributed by atoms with Crippen LogP contribution >= 0.6 is 0 Å². The number of benzene rings is 1. The van der Waals surface area contributed by atoms with Crippen LogP contribution in [0, 0.1) is 5.92 Å².